The SMILES string of the molecule is CN=C(NCc1ccccc1F)NCc1cc(F)ccc1F. The smallest absolute Gasteiger partial charge is 0.191 e. The van der Waals surface area contributed by atoms with E-state index in [4.69, 9.17) is 0 Å². The summed E-state index contributed by atoms with van der Waals surface area (Å²) >= 11 is 0. The van der Waals surface area contributed by atoms with Crippen LogP contribution in [0.1, 0.15) is 11.1 Å². The van der Waals surface area contributed by atoms with Crippen molar-refractivity contribution in [3.63, 3.8) is 0 Å². The minimum absolute atomic E-state index is 0.0700. The fraction of sp³-hybridized carbons (Fsp3) is 0.188. The summed E-state index contributed by atoms with van der Waals surface area (Å²) < 4.78 is 40.1. The Kier molecular flexibility index (Phi) is 5.41. The lowest BCUT2D eigenvalue weighted by Gasteiger charge is -2.12. The monoisotopic (exact) mass is 307 g/mol. The van der Waals surface area contributed by atoms with E-state index in [1.54, 1.807) is 25.2 Å². The summed E-state index contributed by atoms with van der Waals surface area (Å²) in [6, 6.07) is 9.62. The number of guanidine groups is 1. The number of halogens is 3. The first-order valence-electron chi connectivity index (χ1n) is 6.72. The van der Waals surface area contributed by atoms with Crippen molar-refractivity contribution in [1.29, 1.82) is 0 Å². The topological polar surface area (TPSA) is 36.4 Å². The first-order valence-corrected chi connectivity index (χ1v) is 6.72. The zero-order valence-corrected chi connectivity index (χ0v) is 12.0. The molecule has 0 aliphatic heterocycles. The maximum absolute atomic E-state index is 13.5. The predicted octanol–water partition coefficient (Wildman–Crippen LogP) is 2.97. The molecule has 0 fully saturated rings. The first kappa shape index (κ1) is 15.9. The van der Waals surface area contributed by atoms with Crippen molar-refractivity contribution in [2.75, 3.05) is 7.05 Å². The van der Waals surface area contributed by atoms with Crippen LogP contribution in [0.4, 0.5) is 13.2 Å². The maximum Gasteiger partial charge on any atom is 0.191 e. The molecule has 0 aromatic heterocycles. The van der Waals surface area contributed by atoms with Gasteiger partial charge in [0.1, 0.15) is 17.5 Å². The molecule has 0 saturated carbocycles. The van der Waals surface area contributed by atoms with Gasteiger partial charge in [0.25, 0.3) is 0 Å². The van der Waals surface area contributed by atoms with E-state index in [1.807, 2.05) is 0 Å². The van der Waals surface area contributed by atoms with Crippen molar-refractivity contribution in [3.8, 4) is 0 Å². The van der Waals surface area contributed by atoms with Gasteiger partial charge in [-0.25, -0.2) is 13.2 Å². The lowest BCUT2D eigenvalue weighted by Crippen LogP contribution is -2.36. The summed E-state index contributed by atoms with van der Waals surface area (Å²) in [5.41, 5.74) is 0.677. The van der Waals surface area contributed by atoms with Gasteiger partial charge in [0.15, 0.2) is 5.96 Å². The molecule has 0 spiro atoms. The number of hydrogen-bond acceptors (Lipinski definition) is 1. The number of benzene rings is 2. The maximum atomic E-state index is 13.5. The second kappa shape index (κ2) is 7.49. The van der Waals surface area contributed by atoms with Gasteiger partial charge in [-0.2, -0.15) is 0 Å². The molecule has 22 heavy (non-hydrogen) atoms. The molecule has 2 N–H and O–H groups in total. The van der Waals surface area contributed by atoms with Crippen LogP contribution in [-0.4, -0.2) is 13.0 Å². The molecule has 2 rings (SSSR count). The normalized spacial score (nSPS) is 11.4. The molecule has 0 amide bonds. The second-order valence-electron chi connectivity index (χ2n) is 4.61. The van der Waals surface area contributed by atoms with Crippen LogP contribution >= 0.6 is 0 Å². The Balaban J connectivity index is 1.93. The summed E-state index contributed by atoms with van der Waals surface area (Å²) in [7, 11) is 1.54. The van der Waals surface area contributed by atoms with Gasteiger partial charge in [0.2, 0.25) is 0 Å². The molecule has 2 aromatic carbocycles. The zero-order chi connectivity index (χ0) is 15.9. The lowest BCUT2D eigenvalue weighted by atomic mass is 10.2. The van der Waals surface area contributed by atoms with E-state index in [0.717, 1.165) is 18.2 Å². The largest absolute Gasteiger partial charge is 0.352 e. The number of rotatable bonds is 4. The van der Waals surface area contributed by atoms with Crippen LogP contribution < -0.4 is 10.6 Å². The molecule has 116 valence electrons. The number of hydrogen-bond donors (Lipinski definition) is 2. The predicted molar refractivity (Wildman–Crippen MR) is 79.8 cm³/mol. The minimum atomic E-state index is -0.507. The van der Waals surface area contributed by atoms with Crippen LogP contribution in [0.15, 0.2) is 47.5 Å². The van der Waals surface area contributed by atoms with E-state index < -0.39 is 11.6 Å². The van der Waals surface area contributed by atoms with Gasteiger partial charge in [-0.1, -0.05) is 18.2 Å². The highest BCUT2D eigenvalue weighted by molar-refractivity contribution is 5.79. The second-order valence-corrected chi connectivity index (χ2v) is 4.61. The van der Waals surface area contributed by atoms with E-state index >= 15 is 0 Å². The van der Waals surface area contributed by atoms with Crippen molar-refractivity contribution >= 4 is 5.96 Å². The highest BCUT2D eigenvalue weighted by Gasteiger charge is 2.06. The van der Waals surface area contributed by atoms with E-state index in [1.165, 1.54) is 6.07 Å². The van der Waals surface area contributed by atoms with Crippen molar-refractivity contribution in [1.82, 2.24) is 10.6 Å². The quantitative estimate of drug-likeness (QED) is 0.673. The number of nitrogens with zero attached hydrogens (tertiary/aromatic N) is 1. The van der Waals surface area contributed by atoms with Crippen LogP contribution in [0.5, 0.6) is 0 Å². The minimum Gasteiger partial charge on any atom is -0.352 e. The van der Waals surface area contributed by atoms with Crippen molar-refractivity contribution < 1.29 is 13.2 Å². The van der Waals surface area contributed by atoms with Gasteiger partial charge in [0, 0.05) is 31.3 Å². The summed E-state index contributed by atoms with van der Waals surface area (Å²) in [6.07, 6.45) is 0. The summed E-state index contributed by atoms with van der Waals surface area (Å²) in [5, 5.41) is 5.77. The molecule has 0 heterocycles. The summed E-state index contributed by atoms with van der Waals surface area (Å²) in [4.78, 5) is 3.96. The molecule has 2 aromatic rings. The highest BCUT2D eigenvalue weighted by atomic mass is 19.1. The molecule has 0 aliphatic rings. The van der Waals surface area contributed by atoms with Crippen LogP contribution in [0.25, 0.3) is 0 Å². The first-order chi connectivity index (χ1) is 10.6. The van der Waals surface area contributed by atoms with Gasteiger partial charge in [0.05, 0.1) is 0 Å². The molecule has 0 unspecified atom stereocenters. The summed E-state index contributed by atoms with van der Waals surface area (Å²) in [5.74, 6) is -0.959. The fourth-order valence-corrected chi connectivity index (χ4v) is 1.90. The molecule has 0 radical (unpaired) electrons. The third-order valence-corrected chi connectivity index (χ3v) is 3.08. The highest BCUT2D eigenvalue weighted by Crippen LogP contribution is 2.09. The zero-order valence-electron chi connectivity index (χ0n) is 12.0. The van der Waals surface area contributed by atoms with Crippen molar-refractivity contribution in [2.24, 2.45) is 4.99 Å². The average molecular weight is 307 g/mol. The van der Waals surface area contributed by atoms with Gasteiger partial charge < -0.3 is 10.6 Å². The third-order valence-electron chi connectivity index (χ3n) is 3.08. The van der Waals surface area contributed by atoms with Gasteiger partial charge in [-0.05, 0) is 24.3 Å². The van der Waals surface area contributed by atoms with E-state index in [-0.39, 0.29) is 24.5 Å². The van der Waals surface area contributed by atoms with Crippen LogP contribution in [-0.2, 0) is 13.1 Å². The molecular formula is C16H16F3N3. The van der Waals surface area contributed by atoms with E-state index in [9.17, 15) is 13.2 Å². The Morgan fingerprint density at radius 3 is 2.23 bits per heavy atom. The van der Waals surface area contributed by atoms with Crippen molar-refractivity contribution in [2.45, 2.75) is 13.1 Å². The average Bonchev–Trinajstić information content (AvgIpc) is 2.52. The number of aliphatic imine (C=N–C) groups is 1. The Hall–Kier alpha value is -2.50. The number of nitrogens with one attached hydrogen (secondary N) is 2. The fourth-order valence-electron chi connectivity index (χ4n) is 1.90. The molecule has 3 nitrogen and oxygen atoms in total. The van der Waals surface area contributed by atoms with Gasteiger partial charge in [-0.3, -0.25) is 4.99 Å². The van der Waals surface area contributed by atoms with Crippen LogP contribution in [0.2, 0.25) is 0 Å². The molecule has 0 saturated heterocycles. The lowest BCUT2D eigenvalue weighted by molar-refractivity contribution is 0.580. The van der Waals surface area contributed by atoms with Gasteiger partial charge >= 0.3 is 0 Å². The Labute approximate surface area is 126 Å². The Morgan fingerprint density at radius 1 is 0.909 bits per heavy atom. The van der Waals surface area contributed by atoms with Crippen LogP contribution in [0, 0.1) is 17.5 Å². The molecule has 0 atom stereocenters. The molecular weight excluding hydrogens is 291 g/mol. The Morgan fingerprint density at radius 2 is 1.55 bits per heavy atom. The molecule has 0 bridgehead atoms. The van der Waals surface area contributed by atoms with E-state index in [0.29, 0.717) is 11.5 Å². The van der Waals surface area contributed by atoms with Crippen molar-refractivity contribution in [3.05, 3.63) is 71.0 Å². The third kappa shape index (κ3) is 4.25. The Bertz CT molecular complexity index is 671. The van der Waals surface area contributed by atoms with Gasteiger partial charge in [-0.15, -0.1) is 0 Å². The molecule has 6 heteroatoms. The standard InChI is InChI=1S/C16H16F3N3/c1-20-16(21-9-11-4-2-3-5-14(11)18)22-10-12-8-13(17)6-7-15(12)19/h2-8H,9-10H2,1H3,(H2,20,21,22). The van der Waals surface area contributed by atoms with E-state index in [2.05, 4.69) is 15.6 Å². The molecule has 0 aliphatic carbocycles. The van der Waals surface area contributed by atoms with Crippen LogP contribution in [0.3, 0.4) is 0 Å². The summed E-state index contributed by atoms with van der Waals surface area (Å²) in [6.45, 7) is 0.304.